The molecule has 2 N–H and O–H groups in total. The van der Waals surface area contributed by atoms with E-state index in [9.17, 15) is 5.11 Å². The Bertz CT molecular complexity index is 496. The van der Waals surface area contributed by atoms with Crippen LogP contribution in [0.15, 0.2) is 6.20 Å². The van der Waals surface area contributed by atoms with Crippen LogP contribution in [0.3, 0.4) is 0 Å². The summed E-state index contributed by atoms with van der Waals surface area (Å²) in [4.78, 5) is 0. The number of nitrogens with one attached hydrogen (secondary N) is 1. The van der Waals surface area contributed by atoms with Crippen molar-refractivity contribution >= 4 is 0 Å². The van der Waals surface area contributed by atoms with Crippen molar-refractivity contribution in [3.05, 3.63) is 11.9 Å². The molecule has 0 spiro atoms. The lowest BCUT2D eigenvalue weighted by atomic mass is 9.94. The summed E-state index contributed by atoms with van der Waals surface area (Å²) in [5, 5.41) is 22.4. The average Bonchev–Trinajstić information content (AvgIpc) is 3.21. The van der Waals surface area contributed by atoms with Gasteiger partial charge in [0, 0.05) is 18.2 Å². The number of ether oxygens (including phenoxy) is 1. The molecule has 122 valence electrons. The third-order valence-corrected chi connectivity index (χ3v) is 5.25. The molecule has 4 rings (SSSR count). The first kappa shape index (κ1) is 14.6. The highest BCUT2D eigenvalue weighted by Crippen LogP contribution is 2.38. The minimum Gasteiger partial charge on any atom is -0.389 e. The van der Waals surface area contributed by atoms with Crippen molar-refractivity contribution in [2.24, 2.45) is 0 Å². The third kappa shape index (κ3) is 3.19. The molecule has 2 heterocycles. The molecule has 2 aliphatic carbocycles. The first-order chi connectivity index (χ1) is 10.8. The van der Waals surface area contributed by atoms with Gasteiger partial charge in [0.2, 0.25) is 0 Å². The fourth-order valence-electron chi connectivity index (χ4n) is 3.76. The Kier molecular flexibility index (Phi) is 4.15. The highest BCUT2D eigenvalue weighted by molar-refractivity contribution is 5.09. The molecule has 0 aromatic carbocycles. The van der Waals surface area contributed by atoms with Gasteiger partial charge in [0.25, 0.3) is 0 Å². The summed E-state index contributed by atoms with van der Waals surface area (Å²) in [6, 6.07) is 0.534. The monoisotopic (exact) mass is 306 g/mol. The quantitative estimate of drug-likeness (QED) is 0.855. The largest absolute Gasteiger partial charge is 0.389 e. The maximum absolute atomic E-state index is 10.2. The molecule has 1 aromatic rings. The van der Waals surface area contributed by atoms with E-state index < -0.39 is 6.10 Å². The lowest BCUT2D eigenvalue weighted by molar-refractivity contribution is 0.0729. The molecule has 0 unspecified atom stereocenters. The molecular weight excluding hydrogens is 280 g/mol. The van der Waals surface area contributed by atoms with Crippen molar-refractivity contribution in [1.82, 2.24) is 20.3 Å². The van der Waals surface area contributed by atoms with Gasteiger partial charge in [0.05, 0.1) is 37.1 Å². The number of rotatable bonds is 5. The van der Waals surface area contributed by atoms with E-state index in [1.165, 1.54) is 44.9 Å². The summed E-state index contributed by atoms with van der Waals surface area (Å²) in [6.45, 7) is 1.08. The molecule has 1 aromatic heterocycles. The Morgan fingerprint density at radius 2 is 2.05 bits per heavy atom. The number of aliphatic hydroxyl groups is 1. The molecule has 0 radical (unpaired) electrons. The minimum atomic E-state index is -0.418. The Morgan fingerprint density at radius 3 is 2.82 bits per heavy atom. The lowest BCUT2D eigenvalue weighted by Gasteiger charge is -2.30. The summed E-state index contributed by atoms with van der Waals surface area (Å²) in [7, 11) is 0. The zero-order valence-corrected chi connectivity index (χ0v) is 13.0. The van der Waals surface area contributed by atoms with E-state index in [1.807, 2.05) is 10.9 Å². The number of aromatic nitrogens is 3. The van der Waals surface area contributed by atoms with E-state index in [0.29, 0.717) is 25.1 Å². The highest BCUT2D eigenvalue weighted by atomic mass is 16.5. The number of hydrogen-bond acceptors (Lipinski definition) is 5. The second-order valence-corrected chi connectivity index (χ2v) is 7.11. The van der Waals surface area contributed by atoms with E-state index in [4.69, 9.17) is 4.74 Å². The molecular formula is C16H26N4O2. The summed E-state index contributed by atoms with van der Waals surface area (Å²) in [5.74, 6) is 0.625. The van der Waals surface area contributed by atoms with Crippen LogP contribution in [0.4, 0.5) is 0 Å². The van der Waals surface area contributed by atoms with Crippen molar-refractivity contribution in [1.29, 1.82) is 0 Å². The molecule has 0 amide bonds. The van der Waals surface area contributed by atoms with E-state index in [2.05, 4.69) is 15.6 Å². The van der Waals surface area contributed by atoms with E-state index in [-0.39, 0.29) is 12.1 Å². The van der Waals surface area contributed by atoms with Gasteiger partial charge in [-0.3, -0.25) is 0 Å². The average molecular weight is 306 g/mol. The van der Waals surface area contributed by atoms with Crippen LogP contribution in [0.25, 0.3) is 0 Å². The topological polar surface area (TPSA) is 72.2 Å². The SMILES string of the molecule is O[C@H]1CO[C@H](Cn2cc(C3CC3)nn2)[C@@H]1NC1CCCCC1. The highest BCUT2D eigenvalue weighted by Gasteiger charge is 2.38. The molecule has 1 aliphatic heterocycles. The van der Waals surface area contributed by atoms with Crippen molar-refractivity contribution in [3.63, 3.8) is 0 Å². The fourth-order valence-corrected chi connectivity index (χ4v) is 3.76. The Morgan fingerprint density at radius 1 is 1.23 bits per heavy atom. The van der Waals surface area contributed by atoms with Gasteiger partial charge < -0.3 is 15.2 Å². The van der Waals surface area contributed by atoms with Crippen LogP contribution in [0.5, 0.6) is 0 Å². The van der Waals surface area contributed by atoms with E-state index in [0.717, 1.165) is 5.69 Å². The second kappa shape index (κ2) is 6.26. The van der Waals surface area contributed by atoms with Gasteiger partial charge >= 0.3 is 0 Å². The van der Waals surface area contributed by atoms with Crippen LogP contribution in [0, 0.1) is 0 Å². The van der Waals surface area contributed by atoms with E-state index in [1.54, 1.807) is 0 Å². The maximum Gasteiger partial charge on any atom is 0.0952 e. The predicted molar refractivity (Wildman–Crippen MR) is 81.5 cm³/mol. The summed E-state index contributed by atoms with van der Waals surface area (Å²) in [5.41, 5.74) is 1.11. The van der Waals surface area contributed by atoms with Gasteiger partial charge in [-0.2, -0.15) is 0 Å². The zero-order valence-electron chi connectivity index (χ0n) is 13.0. The molecule has 0 bridgehead atoms. The van der Waals surface area contributed by atoms with Gasteiger partial charge in [-0.1, -0.05) is 24.5 Å². The Hall–Kier alpha value is -0.980. The van der Waals surface area contributed by atoms with Crippen molar-refractivity contribution < 1.29 is 9.84 Å². The molecule has 2 saturated carbocycles. The normalized spacial score (nSPS) is 33.4. The maximum atomic E-state index is 10.2. The molecule has 3 atom stereocenters. The number of nitrogens with zero attached hydrogens (tertiary/aromatic N) is 3. The molecule has 6 nitrogen and oxygen atoms in total. The molecule has 6 heteroatoms. The fraction of sp³-hybridized carbons (Fsp3) is 0.875. The van der Waals surface area contributed by atoms with Crippen LogP contribution in [-0.2, 0) is 11.3 Å². The number of hydrogen-bond donors (Lipinski definition) is 2. The van der Waals surface area contributed by atoms with Crippen molar-refractivity contribution in [3.8, 4) is 0 Å². The number of aliphatic hydroxyl groups excluding tert-OH is 1. The van der Waals surface area contributed by atoms with Crippen LogP contribution in [0.1, 0.15) is 56.6 Å². The standard InChI is InChI=1S/C16H26N4O2/c21-14-10-22-15(16(14)17-12-4-2-1-3-5-12)9-20-8-13(18-19-20)11-6-7-11/h8,11-12,14-17,21H,1-7,9-10H2/t14-,15+,16+/m0/s1. The van der Waals surface area contributed by atoms with Crippen LogP contribution < -0.4 is 5.32 Å². The van der Waals surface area contributed by atoms with Crippen LogP contribution in [0.2, 0.25) is 0 Å². The van der Waals surface area contributed by atoms with Gasteiger partial charge in [0.15, 0.2) is 0 Å². The Labute approximate surface area is 131 Å². The lowest BCUT2D eigenvalue weighted by Crippen LogP contribution is -2.50. The van der Waals surface area contributed by atoms with Crippen molar-refractivity contribution in [2.45, 2.75) is 81.7 Å². The predicted octanol–water partition coefficient (Wildman–Crippen LogP) is 1.21. The first-order valence-corrected chi connectivity index (χ1v) is 8.75. The summed E-state index contributed by atoms with van der Waals surface area (Å²) >= 11 is 0. The second-order valence-electron chi connectivity index (χ2n) is 7.11. The van der Waals surface area contributed by atoms with Gasteiger partial charge in [0.1, 0.15) is 0 Å². The zero-order chi connectivity index (χ0) is 14.9. The van der Waals surface area contributed by atoms with Gasteiger partial charge in [-0.25, -0.2) is 4.68 Å². The first-order valence-electron chi connectivity index (χ1n) is 8.75. The van der Waals surface area contributed by atoms with Crippen LogP contribution in [-0.4, -0.2) is 51.0 Å². The van der Waals surface area contributed by atoms with Gasteiger partial charge in [-0.15, -0.1) is 5.10 Å². The van der Waals surface area contributed by atoms with E-state index >= 15 is 0 Å². The smallest absolute Gasteiger partial charge is 0.0952 e. The summed E-state index contributed by atoms with van der Waals surface area (Å²) in [6.07, 6.45) is 10.4. The minimum absolute atomic E-state index is 0.0108. The van der Waals surface area contributed by atoms with Crippen molar-refractivity contribution in [2.75, 3.05) is 6.61 Å². The van der Waals surface area contributed by atoms with Gasteiger partial charge in [-0.05, 0) is 25.7 Å². The molecule has 22 heavy (non-hydrogen) atoms. The summed E-state index contributed by atoms with van der Waals surface area (Å²) < 4.78 is 7.69. The third-order valence-electron chi connectivity index (χ3n) is 5.25. The van der Waals surface area contributed by atoms with Crippen LogP contribution >= 0.6 is 0 Å². The Balaban J connectivity index is 1.38. The molecule has 3 aliphatic rings. The molecule has 1 saturated heterocycles. The molecule has 3 fully saturated rings.